The first-order chi connectivity index (χ1) is 8.65. The van der Waals surface area contributed by atoms with Crippen LogP contribution in [0.4, 0.5) is 11.5 Å². The van der Waals surface area contributed by atoms with E-state index in [-0.39, 0.29) is 5.69 Å². The number of ether oxygens (including phenoxy) is 1. The first-order valence-electron chi connectivity index (χ1n) is 5.76. The molecule has 0 bridgehead atoms. The van der Waals surface area contributed by atoms with E-state index >= 15 is 0 Å². The van der Waals surface area contributed by atoms with Crippen molar-refractivity contribution < 1.29 is 9.66 Å². The van der Waals surface area contributed by atoms with E-state index in [0.29, 0.717) is 23.4 Å². The molecule has 18 heavy (non-hydrogen) atoms. The topological polar surface area (TPSA) is 77.3 Å². The van der Waals surface area contributed by atoms with Gasteiger partial charge >= 0.3 is 5.69 Å². The molecule has 100 valence electrons. The molecule has 1 rings (SSSR count). The minimum absolute atomic E-state index is 0.0288. The predicted octanol–water partition coefficient (Wildman–Crippen LogP) is 2.98. The van der Waals surface area contributed by atoms with Crippen molar-refractivity contribution in [3.05, 3.63) is 26.9 Å². The van der Waals surface area contributed by atoms with Gasteiger partial charge in [0.25, 0.3) is 0 Å². The van der Waals surface area contributed by atoms with Gasteiger partial charge < -0.3 is 10.1 Å². The molecule has 0 atom stereocenters. The molecule has 1 heterocycles. The molecule has 1 aromatic rings. The molecule has 7 heteroatoms. The van der Waals surface area contributed by atoms with Crippen LogP contribution in [0.2, 0.25) is 0 Å². The lowest BCUT2D eigenvalue weighted by molar-refractivity contribution is -0.384. The fourth-order valence-electron chi connectivity index (χ4n) is 1.33. The maximum Gasteiger partial charge on any atom is 0.312 e. The SMILES string of the molecule is CCCOCCCNc1ncc(Br)cc1[N+](=O)[O-]. The molecular formula is C11H16BrN3O3. The number of rotatable bonds is 8. The summed E-state index contributed by atoms with van der Waals surface area (Å²) in [7, 11) is 0. The predicted molar refractivity (Wildman–Crippen MR) is 72.8 cm³/mol. The number of pyridine rings is 1. The third-order valence-corrected chi connectivity index (χ3v) is 2.57. The van der Waals surface area contributed by atoms with E-state index in [1.54, 1.807) is 0 Å². The molecule has 0 spiro atoms. The summed E-state index contributed by atoms with van der Waals surface area (Å²) in [6.45, 7) is 4.04. The molecule has 0 saturated carbocycles. The van der Waals surface area contributed by atoms with E-state index in [1.807, 2.05) is 6.92 Å². The maximum absolute atomic E-state index is 10.8. The number of nitrogens with zero attached hydrogens (tertiary/aromatic N) is 2. The van der Waals surface area contributed by atoms with Crippen LogP contribution in [-0.2, 0) is 4.74 Å². The first-order valence-corrected chi connectivity index (χ1v) is 6.56. The Kier molecular flexibility index (Phi) is 6.59. The standard InChI is InChI=1S/C11H16BrN3O3/c1-2-5-18-6-3-4-13-11-10(15(16)17)7-9(12)8-14-11/h7-8H,2-6H2,1H3,(H,13,14). The fourth-order valence-corrected chi connectivity index (χ4v) is 1.65. The highest BCUT2D eigenvalue weighted by molar-refractivity contribution is 9.10. The van der Waals surface area contributed by atoms with Gasteiger partial charge in [-0.3, -0.25) is 10.1 Å². The van der Waals surface area contributed by atoms with E-state index in [1.165, 1.54) is 12.3 Å². The van der Waals surface area contributed by atoms with Crippen LogP contribution in [0.1, 0.15) is 19.8 Å². The Bertz CT molecular complexity index is 401. The van der Waals surface area contributed by atoms with Crippen LogP contribution in [0.5, 0.6) is 0 Å². The normalized spacial score (nSPS) is 10.3. The van der Waals surface area contributed by atoms with Crippen LogP contribution in [0.15, 0.2) is 16.7 Å². The zero-order valence-corrected chi connectivity index (χ0v) is 11.8. The molecule has 0 unspecified atom stereocenters. The van der Waals surface area contributed by atoms with Crippen molar-refractivity contribution in [3.63, 3.8) is 0 Å². The van der Waals surface area contributed by atoms with Crippen LogP contribution >= 0.6 is 15.9 Å². The fraction of sp³-hybridized carbons (Fsp3) is 0.545. The average Bonchev–Trinajstić information content (AvgIpc) is 2.35. The van der Waals surface area contributed by atoms with E-state index in [0.717, 1.165) is 19.4 Å². The van der Waals surface area contributed by atoms with E-state index < -0.39 is 4.92 Å². The van der Waals surface area contributed by atoms with Gasteiger partial charge in [-0.1, -0.05) is 6.92 Å². The lowest BCUT2D eigenvalue weighted by Crippen LogP contribution is -2.09. The third-order valence-electron chi connectivity index (χ3n) is 2.14. The van der Waals surface area contributed by atoms with Crippen molar-refractivity contribution in [3.8, 4) is 0 Å². The summed E-state index contributed by atoms with van der Waals surface area (Å²) in [5.41, 5.74) is -0.0288. The molecule has 0 saturated heterocycles. The highest BCUT2D eigenvalue weighted by Gasteiger charge is 2.15. The molecule has 0 fully saturated rings. The van der Waals surface area contributed by atoms with Crippen LogP contribution < -0.4 is 5.32 Å². The van der Waals surface area contributed by atoms with Crippen molar-refractivity contribution in [1.82, 2.24) is 4.98 Å². The third kappa shape index (κ3) is 4.97. The van der Waals surface area contributed by atoms with Gasteiger partial charge in [0.05, 0.1) is 4.92 Å². The van der Waals surface area contributed by atoms with Crippen LogP contribution in [0.3, 0.4) is 0 Å². The van der Waals surface area contributed by atoms with Crippen molar-refractivity contribution in [2.24, 2.45) is 0 Å². The number of nitro groups is 1. The summed E-state index contributed by atoms with van der Waals surface area (Å²) in [4.78, 5) is 14.4. The Morgan fingerprint density at radius 1 is 1.56 bits per heavy atom. The van der Waals surface area contributed by atoms with Crippen LogP contribution in [-0.4, -0.2) is 29.7 Å². The molecule has 1 N–H and O–H groups in total. The van der Waals surface area contributed by atoms with Gasteiger partial charge in [0.1, 0.15) is 0 Å². The van der Waals surface area contributed by atoms with Crippen LogP contribution in [0, 0.1) is 10.1 Å². The second kappa shape index (κ2) is 7.99. The summed E-state index contributed by atoms with van der Waals surface area (Å²) in [5.74, 6) is 0.290. The van der Waals surface area contributed by atoms with E-state index in [9.17, 15) is 10.1 Å². The highest BCUT2D eigenvalue weighted by atomic mass is 79.9. The summed E-state index contributed by atoms with van der Waals surface area (Å²) in [5, 5.41) is 13.8. The van der Waals surface area contributed by atoms with Gasteiger partial charge in [0.15, 0.2) is 0 Å². The van der Waals surface area contributed by atoms with Gasteiger partial charge in [-0.15, -0.1) is 0 Å². The highest BCUT2D eigenvalue weighted by Crippen LogP contribution is 2.24. The molecule has 1 aromatic heterocycles. The minimum atomic E-state index is -0.451. The number of halogens is 1. The van der Waals surface area contributed by atoms with Gasteiger partial charge in [-0.05, 0) is 28.8 Å². The monoisotopic (exact) mass is 317 g/mol. The average molecular weight is 318 g/mol. The van der Waals surface area contributed by atoms with E-state index in [4.69, 9.17) is 4.74 Å². The van der Waals surface area contributed by atoms with Crippen LogP contribution in [0.25, 0.3) is 0 Å². The summed E-state index contributed by atoms with van der Waals surface area (Å²) < 4.78 is 5.90. The Hall–Kier alpha value is -1.21. The number of aromatic nitrogens is 1. The lowest BCUT2D eigenvalue weighted by atomic mass is 10.3. The van der Waals surface area contributed by atoms with Crippen molar-refractivity contribution in [2.45, 2.75) is 19.8 Å². The molecule has 0 aliphatic rings. The van der Waals surface area contributed by atoms with Crippen molar-refractivity contribution in [2.75, 3.05) is 25.1 Å². The van der Waals surface area contributed by atoms with Gasteiger partial charge in [-0.2, -0.15) is 0 Å². The Morgan fingerprint density at radius 2 is 2.33 bits per heavy atom. The first kappa shape index (κ1) is 14.8. The van der Waals surface area contributed by atoms with Gasteiger partial charge in [0.2, 0.25) is 5.82 Å². The Balaban J connectivity index is 2.44. The summed E-state index contributed by atoms with van der Waals surface area (Å²) in [6, 6.07) is 1.43. The smallest absolute Gasteiger partial charge is 0.312 e. The summed E-state index contributed by atoms with van der Waals surface area (Å²) >= 11 is 3.16. The Labute approximate surface area is 114 Å². The second-order valence-corrected chi connectivity index (χ2v) is 4.59. The second-order valence-electron chi connectivity index (χ2n) is 3.67. The zero-order valence-electron chi connectivity index (χ0n) is 10.2. The molecule has 0 aromatic carbocycles. The molecular weight excluding hydrogens is 302 g/mol. The maximum atomic E-state index is 10.8. The number of hydrogen-bond donors (Lipinski definition) is 1. The Morgan fingerprint density at radius 3 is 3.00 bits per heavy atom. The molecule has 6 nitrogen and oxygen atoms in total. The van der Waals surface area contributed by atoms with Crippen molar-refractivity contribution >= 4 is 27.4 Å². The largest absolute Gasteiger partial charge is 0.381 e. The molecule has 0 radical (unpaired) electrons. The summed E-state index contributed by atoms with van der Waals surface area (Å²) in [6.07, 6.45) is 3.31. The zero-order chi connectivity index (χ0) is 13.4. The van der Waals surface area contributed by atoms with Gasteiger partial charge in [0, 0.05) is 36.5 Å². The van der Waals surface area contributed by atoms with Crippen molar-refractivity contribution in [1.29, 1.82) is 0 Å². The lowest BCUT2D eigenvalue weighted by Gasteiger charge is -2.06. The quantitative estimate of drug-likeness (QED) is 0.453. The number of hydrogen-bond acceptors (Lipinski definition) is 5. The molecule has 0 amide bonds. The number of anilines is 1. The van der Waals surface area contributed by atoms with E-state index in [2.05, 4.69) is 26.2 Å². The van der Waals surface area contributed by atoms with Gasteiger partial charge in [-0.25, -0.2) is 4.98 Å². The molecule has 0 aliphatic heterocycles. The number of nitrogens with one attached hydrogen (secondary N) is 1. The minimum Gasteiger partial charge on any atom is -0.381 e. The molecule has 0 aliphatic carbocycles.